The van der Waals surface area contributed by atoms with E-state index in [1.807, 2.05) is 6.20 Å². The molecule has 0 saturated carbocycles. The van der Waals surface area contributed by atoms with Crippen molar-refractivity contribution in [2.75, 3.05) is 18.6 Å². The molecule has 0 bridgehead atoms. The third kappa shape index (κ3) is 1.83. The molecule has 0 aliphatic carbocycles. The Morgan fingerprint density at radius 2 is 1.94 bits per heavy atom. The zero-order valence-corrected chi connectivity index (χ0v) is 11.9. The van der Waals surface area contributed by atoms with Crippen LogP contribution in [-0.2, 0) is 0 Å². The van der Waals surface area contributed by atoms with Crippen molar-refractivity contribution in [3.8, 4) is 0 Å². The van der Waals surface area contributed by atoms with E-state index in [0.29, 0.717) is 14.0 Å². The molecule has 1 N–H and O–H groups in total. The van der Waals surface area contributed by atoms with E-state index in [1.165, 1.54) is 11.4 Å². The lowest BCUT2D eigenvalue weighted by Gasteiger charge is -2.46. The van der Waals surface area contributed by atoms with Gasteiger partial charge in [-0.25, -0.2) is 0 Å². The molecule has 16 heavy (non-hydrogen) atoms. The second-order valence-corrected chi connectivity index (χ2v) is 6.23. The standard InChI is InChI=1S/C9H19B2N4Si/c1-8-6-7-12-9(8)15-11(3)13(4)10(2)14(5)16-15/h6-7,12,16H,1-5H3. The number of nitrogens with zero attached hydrogens (tertiary/aromatic N) is 3. The Bertz CT molecular complexity index is 372. The molecular weight excluding hydrogens is 214 g/mol. The Morgan fingerprint density at radius 1 is 1.25 bits per heavy atom. The number of aromatic nitrogens is 1. The molecule has 85 valence electrons. The Balaban J connectivity index is 2.26. The maximum Gasteiger partial charge on any atom is 0.322 e. The molecule has 1 aromatic heterocycles. The first-order valence-electron chi connectivity index (χ1n) is 5.73. The second-order valence-electron chi connectivity index (χ2n) is 4.63. The van der Waals surface area contributed by atoms with Crippen LogP contribution in [0.15, 0.2) is 12.3 Å². The van der Waals surface area contributed by atoms with Crippen molar-refractivity contribution in [3.05, 3.63) is 17.8 Å². The largest absolute Gasteiger partial charge is 0.407 e. The van der Waals surface area contributed by atoms with Gasteiger partial charge in [0, 0.05) is 6.20 Å². The summed E-state index contributed by atoms with van der Waals surface area (Å²) in [4.78, 5) is 3.35. The van der Waals surface area contributed by atoms with Crippen molar-refractivity contribution in [1.29, 1.82) is 0 Å². The molecule has 0 atom stereocenters. The normalized spacial score (nSPS) is 19.7. The van der Waals surface area contributed by atoms with E-state index in [1.54, 1.807) is 0 Å². The van der Waals surface area contributed by atoms with E-state index in [2.05, 4.69) is 59.4 Å². The number of hydrogen-bond acceptors (Lipinski definition) is 3. The van der Waals surface area contributed by atoms with Crippen LogP contribution in [0.3, 0.4) is 0 Å². The van der Waals surface area contributed by atoms with Gasteiger partial charge in [-0.15, -0.1) is 0 Å². The van der Waals surface area contributed by atoms with Crippen molar-refractivity contribution >= 4 is 29.6 Å². The van der Waals surface area contributed by atoms with Crippen LogP contribution in [0, 0.1) is 6.92 Å². The lowest BCUT2D eigenvalue weighted by molar-refractivity contribution is 0.659. The van der Waals surface area contributed by atoms with E-state index in [4.69, 9.17) is 0 Å². The molecule has 0 amide bonds. The van der Waals surface area contributed by atoms with Crippen LogP contribution in [0.4, 0.5) is 5.82 Å². The monoisotopic (exact) mass is 233 g/mol. The number of H-pyrrole nitrogens is 1. The highest BCUT2D eigenvalue weighted by molar-refractivity contribution is 6.86. The van der Waals surface area contributed by atoms with E-state index in [-0.39, 0.29) is 9.84 Å². The first-order chi connectivity index (χ1) is 7.52. The summed E-state index contributed by atoms with van der Waals surface area (Å²) in [6.45, 7) is 7.69. The topological polar surface area (TPSA) is 25.5 Å². The molecular formula is C9H19B2N4Si. The Hall–Kier alpha value is -0.653. The minimum Gasteiger partial charge on any atom is -0.407 e. The molecule has 1 aromatic rings. The fraction of sp³-hybridized carbons (Fsp3) is 0.556. The van der Waals surface area contributed by atoms with Crippen molar-refractivity contribution < 1.29 is 0 Å². The van der Waals surface area contributed by atoms with Gasteiger partial charge in [0.25, 0.3) is 6.98 Å². The van der Waals surface area contributed by atoms with Gasteiger partial charge in [-0.05, 0) is 32.6 Å². The maximum absolute atomic E-state index is 3.35. The molecule has 1 aliphatic rings. The smallest absolute Gasteiger partial charge is 0.322 e. The fourth-order valence-corrected chi connectivity index (χ4v) is 3.74. The molecule has 1 radical (unpaired) electrons. The summed E-state index contributed by atoms with van der Waals surface area (Å²) in [6.07, 6.45) is 2.02. The van der Waals surface area contributed by atoms with Crippen LogP contribution >= 0.6 is 0 Å². The average Bonchev–Trinajstić information content (AvgIpc) is 2.67. The summed E-state index contributed by atoms with van der Waals surface area (Å²) in [5.41, 5.74) is 1.33. The zero-order valence-electron chi connectivity index (χ0n) is 10.7. The molecule has 2 heterocycles. The van der Waals surface area contributed by atoms with Crippen LogP contribution in [0.5, 0.6) is 0 Å². The Kier molecular flexibility index (Phi) is 3.19. The van der Waals surface area contributed by atoms with Gasteiger partial charge in [-0.1, -0.05) is 13.6 Å². The minimum absolute atomic E-state index is 0.161. The molecule has 4 nitrogen and oxygen atoms in total. The summed E-state index contributed by atoms with van der Waals surface area (Å²) < 4.78 is 7.31. The number of aromatic amines is 1. The number of hydrogen-bond donors (Lipinski definition) is 1. The molecule has 0 unspecified atom stereocenters. The van der Waals surface area contributed by atoms with Crippen molar-refractivity contribution in [1.82, 2.24) is 14.2 Å². The summed E-state index contributed by atoms with van der Waals surface area (Å²) >= 11 is 0. The Labute approximate surface area is 101 Å². The van der Waals surface area contributed by atoms with E-state index >= 15 is 0 Å². The van der Waals surface area contributed by atoms with Gasteiger partial charge in [-0.2, -0.15) is 0 Å². The Morgan fingerprint density at radius 3 is 2.50 bits per heavy atom. The van der Waals surface area contributed by atoms with Crippen LogP contribution < -0.4 is 4.48 Å². The third-order valence-electron chi connectivity index (χ3n) is 3.66. The van der Waals surface area contributed by atoms with Crippen LogP contribution in [-0.4, -0.2) is 52.1 Å². The predicted molar refractivity (Wildman–Crippen MR) is 73.9 cm³/mol. The molecule has 1 fully saturated rings. The second kappa shape index (κ2) is 4.31. The number of anilines is 1. The minimum atomic E-state index is 0.161. The predicted octanol–water partition coefficient (Wildman–Crippen LogP) is 0.509. The summed E-state index contributed by atoms with van der Waals surface area (Å²) in [5.74, 6) is 1.27. The van der Waals surface area contributed by atoms with Crippen LogP contribution in [0.2, 0.25) is 13.6 Å². The molecule has 0 spiro atoms. The molecule has 2 rings (SSSR count). The lowest BCUT2D eigenvalue weighted by Crippen LogP contribution is -2.69. The van der Waals surface area contributed by atoms with E-state index < -0.39 is 0 Å². The van der Waals surface area contributed by atoms with Crippen LogP contribution in [0.1, 0.15) is 5.56 Å². The first kappa shape index (κ1) is 11.8. The van der Waals surface area contributed by atoms with Crippen molar-refractivity contribution in [2.24, 2.45) is 0 Å². The fourth-order valence-electron chi connectivity index (χ4n) is 2.15. The molecule has 0 aromatic carbocycles. The summed E-state index contributed by atoms with van der Waals surface area (Å²) in [7, 11) is 4.55. The van der Waals surface area contributed by atoms with Gasteiger partial charge in [0.2, 0.25) is 9.84 Å². The van der Waals surface area contributed by atoms with Gasteiger partial charge < -0.3 is 18.7 Å². The highest BCUT2D eigenvalue weighted by atomic mass is 28.2. The number of nitrogens with one attached hydrogen (secondary N) is 1. The van der Waals surface area contributed by atoms with Gasteiger partial charge in [0.05, 0.1) is 5.82 Å². The van der Waals surface area contributed by atoms with Gasteiger partial charge in [0.15, 0.2) is 0 Å². The molecule has 1 saturated heterocycles. The highest BCUT2D eigenvalue weighted by Gasteiger charge is 2.38. The van der Waals surface area contributed by atoms with E-state index in [9.17, 15) is 0 Å². The number of aryl methyl sites for hydroxylation is 1. The van der Waals surface area contributed by atoms with Crippen molar-refractivity contribution in [2.45, 2.75) is 20.6 Å². The highest BCUT2D eigenvalue weighted by Crippen LogP contribution is 2.22. The first-order valence-corrected chi connectivity index (χ1v) is 6.77. The lowest BCUT2D eigenvalue weighted by atomic mass is 9.63. The third-order valence-corrected chi connectivity index (χ3v) is 5.40. The SMILES string of the molecule is CB1N(C)[SiH]N(c2[nH]ccc2C)B(C)N1C. The van der Waals surface area contributed by atoms with Crippen molar-refractivity contribution in [3.63, 3.8) is 0 Å². The van der Waals surface area contributed by atoms with Gasteiger partial charge in [-0.3, -0.25) is 0 Å². The van der Waals surface area contributed by atoms with Gasteiger partial charge in [0.1, 0.15) is 0 Å². The van der Waals surface area contributed by atoms with E-state index in [0.717, 1.165) is 0 Å². The quantitative estimate of drug-likeness (QED) is 0.715. The average molecular weight is 233 g/mol. The number of rotatable bonds is 1. The summed E-state index contributed by atoms with van der Waals surface area (Å²) in [5, 5.41) is 0. The molecule has 1 aliphatic heterocycles. The van der Waals surface area contributed by atoms with Crippen LogP contribution in [0.25, 0.3) is 0 Å². The van der Waals surface area contributed by atoms with Gasteiger partial charge >= 0.3 is 6.98 Å². The molecule has 7 heteroatoms. The summed E-state index contributed by atoms with van der Waals surface area (Å²) in [6, 6.07) is 2.14. The zero-order chi connectivity index (χ0) is 11.9. The maximum atomic E-state index is 3.35.